The number of pyridine rings is 1. The molecule has 3 aromatic carbocycles. The fraction of sp³-hybridized carbons (Fsp3) is 0.472. The molecular formula is C53H56F2N10O5. The molecule has 6 aliphatic heterocycles. The molecule has 3 N–H and O–H groups in total. The number of halogens is 2. The quantitative estimate of drug-likeness (QED) is 0.117. The lowest BCUT2D eigenvalue weighted by Gasteiger charge is -2.40. The molecule has 12 rings (SSSR count). The normalized spacial score (nSPS) is 23.8. The van der Waals surface area contributed by atoms with Crippen LogP contribution >= 0.6 is 0 Å². The van der Waals surface area contributed by atoms with Crippen LogP contribution in [0.25, 0.3) is 32.9 Å². The predicted molar refractivity (Wildman–Crippen MR) is 259 cm³/mol. The number of amides is 3. The molecule has 6 fully saturated rings. The second-order valence-corrected chi connectivity index (χ2v) is 20.8. The minimum absolute atomic E-state index is 0.0379. The van der Waals surface area contributed by atoms with Gasteiger partial charge in [0.15, 0.2) is 5.82 Å². The highest BCUT2D eigenvalue weighted by atomic mass is 19.1. The zero-order chi connectivity index (χ0) is 47.8. The van der Waals surface area contributed by atoms with Gasteiger partial charge in [0.25, 0.3) is 5.91 Å². The maximum atomic E-state index is 17.1. The summed E-state index contributed by atoms with van der Waals surface area (Å²) in [7, 11) is 0. The minimum Gasteiger partial charge on any atom is -0.508 e. The first-order valence-electron chi connectivity index (χ1n) is 24.9. The van der Waals surface area contributed by atoms with E-state index in [1.165, 1.54) is 24.3 Å². The molecule has 2 bridgehead atoms. The maximum absolute atomic E-state index is 17.1. The number of aromatic hydroxyl groups is 1. The van der Waals surface area contributed by atoms with Crippen LogP contribution in [0.15, 0.2) is 48.7 Å². The van der Waals surface area contributed by atoms with E-state index in [9.17, 15) is 19.5 Å². The zero-order valence-electron chi connectivity index (χ0n) is 39.1. The van der Waals surface area contributed by atoms with Crippen LogP contribution in [0.4, 0.5) is 20.3 Å². The Morgan fingerprint density at radius 2 is 1.66 bits per heavy atom. The molecular weight excluding hydrogens is 895 g/mol. The summed E-state index contributed by atoms with van der Waals surface area (Å²) >= 11 is 0. The van der Waals surface area contributed by atoms with E-state index in [4.69, 9.17) is 21.1 Å². The number of anilines is 2. The van der Waals surface area contributed by atoms with E-state index >= 15 is 8.78 Å². The van der Waals surface area contributed by atoms with Gasteiger partial charge in [0.1, 0.15) is 34.6 Å². The van der Waals surface area contributed by atoms with Crippen LogP contribution in [0.5, 0.6) is 11.8 Å². The number of imide groups is 1. The number of piperidine rings is 2. The van der Waals surface area contributed by atoms with Gasteiger partial charge in [-0.1, -0.05) is 12.0 Å². The highest BCUT2D eigenvalue weighted by Crippen LogP contribution is 2.47. The van der Waals surface area contributed by atoms with Crippen LogP contribution in [0.2, 0.25) is 0 Å². The number of carbonyl (C=O) groups excluding carboxylic acids is 3. The lowest BCUT2D eigenvalue weighted by atomic mass is 9.94. The molecule has 3 atom stereocenters. The molecule has 17 heteroatoms. The van der Waals surface area contributed by atoms with Crippen molar-refractivity contribution in [1.29, 1.82) is 0 Å². The fourth-order valence-corrected chi connectivity index (χ4v) is 12.1. The average molecular weight is 951 g/mol. The third kappa shape index (κ3) is 8.32. The summed E-state index contributed by atoms with van der Waals surface area (Å²) in [5.74, 6) is 1.29. The van der Waals surface area contributed by atoms with Gasteiger partial charge in [-0.3, -0.25) is 29.6 Å². The van der Waals surface area contributed by atoms with Gasteiger partial charge in [0.05, 0.1) is 17.6 Å². The Hall–Kier alpha value is -6.48. The molecule has 362 valence electrons. The third-order valence-electron chi connectivity index (χ3n) is 16.1. The summed E-state index contributed by atoms with van der Waals surface area (Å²) < 4.78 is 38.7. The number of aromatic nitrogens is 3. The number of nitrogens with one attached hydrogen (secondary N) is 2. The van der Waals surface area contributed by atoms with Gasteiger partial charge in [0.2, 0.25) is 11.8 Å². The van der Waals surface area contributed by atoms with Gasteiger partial charge in [-0.15, -0.1) is 6.42 Å². The average Bonchev–Trinajstić information content (AvgIpc) is 3.94. The van der Waals surface area contributed by atoms with Crippen molar-refractivity contribution >= 4 is 50.9 Å². The smallest absolute Gasteiger partial charge is 0.319 e. The Morgan fingerprint density at radius 1 is 0.871 bits per heavy atom. The van der Waals surface area contributed by atoms with Crippen LogP contribution in [-0.2, 0) is 16.1 Å². The number of benzene rings is 3. The van der Waals surface area contributed by atoms with Gasteiger partial charge < -0.3 is 34.8 Å². The van der Waals surface area contributed by atoms with Gasteiger partial charge in [-0.05, 0) is 111 Å². The first-order valence-corrected chi connectivity index (χ1v) is 24.9. The second-order valence-electron chi connectivity index (χ2n) is 20.8. The van der Waals surface area contributed by atoms with Crippen LogP contribution in [-0.4, -0.2) is 143 Å². The number of terminal acetylenes is 1. The summed E-state index contributed by atoms with van der Waals surface area (Å²) in [5, 5.41) is 17.9. The molecule has 2 aromatic heterocycles. The van der Waals surface area contributed by atoms with Crippen molar-refractivity contribution < 1.29 is 33.0 Å². The number of carbonyl (C=O) groups is 3. The lowest BCUT2D eigenvalue weighted by molar-refractivity contribution is -0.136. The number of fused-ring (bicyclic) bond motifs is 5. The van der Waals surface area contributed by atoms with E-state index in [0.717, 1.165) is 102 Å². The number of phenolic OH excluding ortho intramolecular Hbond substituents is 1. The molecule has 15 nitrogen and oxygen atoms in total. The minimum atomic E-state index is -0.728. The number of nitrogens with zero attached hydrogens (tertiary/aromatic N) is 8. The van der Waals surface area contributed by atoms with E-state index in [0.29, 0.717) is 72.8 Å². The Labute approximate surface area is 404 Å². The number of hydrogen-bond donors (Lipinski definition) is 3. The van der Waals surface area contributed by atoms with Crippen molar-refractivity contribution in [3.8, 4) is 35.4 Å². The number of rotatable bonds is 11. The summed E-state index contributed by atoms with van der Waals surface area (Å²) in [6.07, 6.45) is 14.3. The highest BCUT2D eigenvalue weighted by Gasteiger charge is 2.46. The second kappa shape index (κ2) is 17.7. The van der Waals surface area contributed by atoms with Gasteiger partial charge in [-0.25, -0.2) is 8.78 Å². The van der Waals surface area contributed by atoms with E-state index in [-0.39, 0.29) is 63.1 Å². The first-order chi connectivity index (χ1) is 34.0. The number of piperazine rings is 2. The zero-order valence-corrected chi connectivity index (χ0v) is 39.1. The summed E-state index contributed by atoms with van der Waals surface area (Å²) in [5.41, 5.74) is 2.69. The molecule has 5 aromatic rings. The van der Waals surface area contributed by atoms with Crippen molar-refractivity contribution in [3.05, 3.63) is 77.0 Å². The largest absolute Gasteiger partial charge is 0.508 e. The van der Waals surface area contributed by atoms with Crippen molar-refractivity contribution in [2.75, 3.05) is 81.9 Å². The van der Waals surface area contributed by atoms with E-state index in [1.54, 1.807) is 11.1 Å². The standard InChI is InChI=1S/C53H56F2N10O5/c1-2-38-42(54)8-3-32-22-37(66)23-40(45(32)38)47-46(55)48-41(24-56-47)49(64-27-34-4-5-35(28-64)57-34)60-52(59-48)70-30-53(13-14-53)29-62-15-11-31(12-16-62)25-61-17-19-63(20-18-61)36-6-7-39-33(21-36)26-65(51(39)69)43-9-10-44(67)58-50(43)68/h1,3,6-8,21-24,31,34-35,43,57,66H,4-5,9-20,25-30H2,(H,58,67,68)/t34?,35?,43-/m0/s1. The summed E-state index contributed by atoms with van der Waals surface area (Å²) in [4.78, 5) is 63.0. The van der Waals surface area contributed by atoms with Gasteiger partial charge in [-0.2, -0.15) is 9.97 Å². The number of phenols is 1. The van der Waals surface area contributed by atoms with Crippen LogP contribution in [0, 0.1) is 35.3 Å². The van der Waals surface area contributed by atoms with Crippen molar-refractivity contribution in [1.82, 2.24) is 40.3 Å². The van der Waals surface area contributed by atoms with E-state index in [2.05, 4.69) is 47.2 Å². The van der Waals surface area contributed by atoms with Crippen molar-refractivity contribution in [2.24, 2.45) is 11.3 Å². The van der Waals surface area contributed by atoms with E-state index in [1.807, 2.05) is 12.1 Å². The number of ether oxygens (including phenoxy) is 1. The molecule has 1 saturated carbocycles. The topological polar surface area (TPSA) is 160 Å². The highest BCUT2D eigenvalue weighted by molar-refractivity contribution is 6.06. The molecule has 2 unspecified atom stereocenters. The number of likely N-dealkylation sites (tertiary alicyclic amines) is 1. The molecule has 0 radical (unpaired) electrons. The van der Waals surface area contributed by atoms with Crippen molar-refractivity contribution in [2.45, 2.75) is 76.0 Å². The van der Waals surface area contributed by atoms with Gasteiger partial charge >= 0.3 is 6.01 Å². The van der Waals surface area contributed by atoms with Crippen LogP contribution < -0.4 is 25.2 Å². The lowest BCUT2D eigenvalue weighted by Crippen LogP contribution is -2.52. The van der Waals surface area contributed by atoms with E-state index < -0.39 is 23.6 Å². The Balaban J connectivity index is 0.684. The summed E-state index contributed by atoms with van der Waals surface area (Å²) in [6.45, 7) is 9.97. The molecule has 70 heavy (non-hydrogen) atoms. The Kier molecular flexibility index (Phi) is 11.3. The summed E-state index contributed by atoms with van der Waals surface area (Å²) in [6, 6.07) is 11.7. The Bertz CT molecular complexity index is 2990. The predicted octanol–water partition coefficient (Wildman–Crippen LogP) is 5.20. The molecule has 5 saturated heterocycles. The van der Waals surface area contributed by atoms with Gasteiger partial charge in [0, 0.05) is 111 Å². The fourth-order valence-electron chi connectivity index (χ4n) is 12.1. The molecule has 8 heterocycles. The maximum Gasteiger partial charge on any atom is 0.319 e. The van der Waals surface area contributed by atoms with Crippen LogP contribution in [0.1, 0.15) is 72.9 Å². The molecule has 0 spiro atoms. The van der Waals surface area contributed by atoms with Crippen LogP contribution in [0.3, 0.4) is 0 Å². The Morgan fingerprint density at radius 3 is 2.40 bits per heavy atom. The first kappa shape index (κ1) is 44.7. The SMILES string of the molecule is C#Cc1c(F)ccc2cc(O)cc(-c3ncc4c(N5CC6CCC(C5)N6)nc(OCC5(CN6CCC(CN7CCN(c8ccc9c(c8)CN([C@H]8CCC(=O)NC8=O)C9=O)CC7)CC6)CC5)nc4c3F)c12. The third-order valence-corrected chi connectivity index (χ3v) is 16.1. The number of hydrogen-bond acceptors (Lipinski definition) is 13. The molecule has 3 amide bonds. The monoisotopic (exact) mass is 950 g/mol. The molecule has 1 aliphatic carbocycles. The molecule has 7 aliphatic rings. The van der Waals surface area contributed by atoms with Crippen molar-refractivity contribution in [3.63, 3.8) is 0 Å².